The number of hydrogen-bond donors (Lipinski definition) is 1. The molecule has 0 aliphatic heterocycles. The van der Waals surface area contributed by atoms with E-state index in [9.17, 15) is 17.2 Å². The van der Waals surface area contributed by atoms with Crippen LogP contribution in [0.25, 0.3) is 11.0 Å². The predicted octanol–water partition coefficient (Wildman–Crippen LogP) is 2.33. The summed E-state index contributed by atoms with van der Waals surface area (Å²) in [6.07, 6.45) is 0. The lowest BCUT2D eigenvalue weighted by atomic mass is 10.3. The molecule has 0 radical (unpaired) electrons. The Morgan fingerprint density at radius 3 is 2.65 bits per heavy atom. The number of imidazole rings is 1. The van der Waals surface area contributed by atoms with Crippen LogP contribution < -0.4 is 4.72 Å². The van der Waals surface area contributed by atoms with Gasteiger partial charge in [0, 0.05) is 7.05 Å². The van der Waals surface area contributed by atoms with E-state index in [0.717, 1.165) is 23.2 Å². The molecule has 0 atom stereocenters. The molecule has 1 heterocycles. The number of halogens is 2. The van der Waals surface area contributed by atoms with Gasteiger partial charge >= 0.3 is 0 Å². The summed E-state index contributed by atoms with van der Waals surface area (Å²) in [5.41, 5.74) is 1.57. The van der Waals surface area contributed by atoms with E-state index in [2.05, 4.69) is 9.71 Å². The van der Waals surface area contributed by atoms with Gasteiger partial charge in [0.1, 0.15) is 22.4 Å². The van der Waals surface area contributed by atoms with Crippen LogP contribution >= 0.6 is 0 Å². The van der Waals surface area contributed by atoms with Gasteiger partial charge in [-0.25, -0.2) is 26.9 Å². The van der Waals surface area contributed by atoms with Crippen LogP contribution in [0, 0.1) is 11.6 Å². The minimum absolute atomic E-state index is 0.135. The summed E-state index contributed by atoms with van der Waals surface area (Å²) >= 11 is 0. The van der Waals surface area contributed by atoms with Crippen molar-refractivity contribution in [2.24, 2.45) is 7.05 Å². The highest BCUT2D eigenvalue weighted by Gasteiger charge is 2.20. The van der Waals surface area contributed by atoms with E-state index >= 15 is 0 Å². The third-order valence-electron chi connectivity index (χ3n) is 3.48. The highest BCUT2D eigenvalue weighted by Crippen LogP contribution is 2.17. The molecule has 0 saturated carbocycles. The summed E-state index contributed by atoms with van der Waals surface area (Å²) in [6, 6.07) is 9.61. The third kappa shape index (κ3) is 2.95. The fourth-order valence-electron chi connectivity index (χ4n) is 2.27. The van der Waals surface area contributed by atoms with E-state index in [1.54, 1.807) is 17.7 Å². The molecule has 0 saturated heterocycles. The molecule has 3 aromatic rings. The molecule has 8 heteroatoms. The number of rotatable bonds is 4. The summed E-state index contributed by atoms with van der Waals surface area (Å²) in [4.78, 5) is 3.59. The Bertz CT molecular complexity index is 984. The predicted molar refractivity (Wildman–Crippen MR) is 81.1 cm³/mol. The summed E-state index contributed by atoms with van der Waals surface area (Å²) < 4.78 is 55.1. The number of benzene rings is 2. The van der Waals surface area contributed by atoms with Gasteiger partial charge in [0.05, 0.1) is 17.6 Å². The fraction of sp³-hybridized carbons (Fsp3) is 0.133. The van der Waals surface area contributed by atoms with Crippen LogP contribution in [-0.4, -0.2) is 18.0 Å². The molecule has 0 spiro atoms. The highest BCUT2D eigenvalue weighted by atomic mass is 32.2. The van der Waals surface area contributed by atoms with Crippen molar-refractivity contribution in [1.82, 2.24) is 14.3 Å². The Labute approximate surface area is 131 Å². The van der Waals surface area contributed by atoms with Gasteiger partial charge in [-0.05, 0) is 30.3 Å². The number of para-hydroxylation sites is 2. The van der Waals surface area contributed by atoms with Crippen LogP contribution in [0.2, 0.25) is 0 Å². The van der Waals surface area contributed by atoms with Crippen molar-refractivity contribution in [2.45, 2.75) is 11.4 Å². The number of aryl methyl sites for hydroxylation is 1. The first kappa shape index (κ1) is 15.6. The number of sulfonamides is 1. The van der Waals surface area contributed by atoms with Gasteiger partial charge < -0.3 is 4.57 Å². The number of nitrogens with zero attached hydrogens (tertiary/aromatic N) is 2. The Morgan fingerprint density at radius 2 is 1.91 bits per heavy atom. The smallest absolute Gasteiger partial charge is 0.243 e. The van der Waals surface area contributed by atoms with Crippen LogP contribution in [0.1, 0.15) is 5.82 Å². The van der Waals surface area contributed by atoms with Crippen LogP contribution in [0.4, 0.5) is 8.78 Å². The number of aromatic nitrogens is 2. The lowest BCUT2D eigenvalue weighted by Crippen LogP contribution is -2.25. The van der Waals surface area contributed by atoms with Crippen LogP contribution in [0.15, 0.2) is 47.4 Å². The number of fused-ring (bicyclic) bond motifs is 1. The van der Waals surface area contributed by atoms with Gasteiger partial charge in [0.2, 0.25) is 10.0 Å². The van der Waals surface area contributed by atoms with Gasteiger partial charge in [-0.3, -0.25) is 0 Å². The number of hydrogen-bond acceptors (Lipinski definition) is 3. The minimum Gasteiger partial charge on any atom is -0.330 e. The molecule has 0 aliphatic carbocycles. The largest absolute Gasteiger partial charge is 0.330 e. The quantitative estimate of drug-likeness (QED) is 0.795. The second-order valence-corrected chi connectivity index (χ2v) is 6.71. The Morgan fingerprint density at radius 1 is 1.17 bits per heavy atom. The molecular weight excluding hydrogens is 324 g/mol. The highest BCUT2D eigenvalue weighted by molar-refractivity contribution is 7.89. The second kappa shape index (κ2) is 5.71. The van der Waals surface area contributed by atoms with E-state index in [0.29, 0.717) is 11.9 Å². The molecule has 1 aromatic heterocycles. The Balaban J connectivity index is 1.89. The zero-order valence-electron chi connectivity index (χ0n) is 12.1. The maximum absolute atomic E-state index is 13.6. The first-order chi connectivity index (χ1) is 10.9. The van der Waals surface area contributed by atoms with Crippen molar-refractivity contribution >= 4 is 21.1 Å². The normalized spacial score (nSPS) is 12.0. The summed E-state index contributed by atoms with van der Waals surface area (Å²) in [6.45, 7) is -0.135. The molecule has 1 N–H and O–H groups in total. The van der Waals surface area contributed by atoms with Crippen LogP contribution in [0.3, 0.4) is 0 Å². The topological polar surface area (TPSA) is 64.0 Å². The fourth-order valence-corrected chi connectivity index (χ4v) is 3.34. The monoisotopic (exact) mass is 337 g/mol. The van der Waals surface area contributed by atoms with Gasteiger partial charge in [0.25, 0.3) is 0 Å². The first-order valence-electron chi connectivity index (χ1n) is 6.73. The van der Waals surface area contributed by atoms with Crippen LogP contribution in [-0.2, 0) is 23.6 Å². The Kier molecular flexibility index (Phi) is 3.87. The van der Waals surface area contributed by atoms with Crippen molar-refractivity contribution in [3.05, 3.63) is 59.9 Å². The van der Waals surface area contributed by atoms with Crippen molar-refractivity contribution in [3.8, 4) is 0 Å². The van der Waals surface area contributed by atoms with E-state index in [1.807, 2.05) is 18.2 Å². The van der Waals surface area contributed by atoms with Crippen LogP contribution in [0.5, 0.6) is 0 Å². The third-order valence-corrected chi connectivity index (χ3v) is 4.90. The standard InChI is InChI=1S/C15H13F2N3O2S/c1-20-13-5-3-2-4-12(13)19-15(20)9-18-23(21,22)14-8-10(16)6-7-11(14)17/h2-8,18H,9H2,1H3. The first-order valence-corrected chi connectivity index (χ1v) is 8.22. The summed E-state index contributed by atoms with van der Waals surface area (Å²) in [5, 5.41) is 0. The average molecular weight is 337 g/mol. The molecule has 0 unspecified atom stereocenters. The lowest BCUT2D eigenvalue weighted by molar-refractivity contribution is 0.544. The Hall–Kier alpha value is -2.32. The molecule has 0 fully saturated rings. The molecule has 0 bridgehead atoms. The molecule has 120 valence electrons. The molecule has 23 heavy (non-hydrogen) atoms. The van der Waals surface area contributed by atoms with E-state index in [1.165, 1.54) is 0 Å². The molecule has 0 amide bonds. The van der Waals surface area contributed by atoms with Gasteiger partial charge in [-0.2, -0.15) is 0 Å². The van der Waals surface area contributed by atoms with E-state index in [-0.39, 0.29) is 6.54 Å². The average Bonchev–Trinajstić information content (AvgIpc) is 2.84. The summed E-state index contributed by atoms with van der Waals surface area (Å²) in [7, 11) is -2.43. The maximum atomic E-state index is 13.6. The molecule has 2 aromatic carbocycles. The SMILES string of the molecule is Cn1c(CNS(=O)(=O)c2cc(F)ccc2F)nc2ccccc21. The van der Waals surface area contributed by atoms with Gasteiger partial charge in [-0.1, -0.05) is 12.1 Å². The second-order valence-electron chi connectivity index (χ2n) is 4.98. The summed E-state index contributed by atoms with van der Waals surface area (Å²) in [5.74, 6) is -1.37. The van der Waals surface area contributed by atoms with E-state index < -0.39 is 26.6 Å². The van der Waals surface area contributed by atoms with Crippen molar-refractivity contribution in [1.29, 1.82) is 0 Å². The zero-order chi connectivity index (χ0) is 16.6. The lowest BCUT2D eigenvalue weighted by Gasteiger charge is -2.08. The molecule has 5 nitrogen and oxygen atoms in total. The zero-order valence-corrected chi connectivity index (χ0v) is 12.9. The van der Waals surface area contributed by atoms with Gasteiger partial charge in [0.15, 0.2) is 0 Å². The molecule has 0 aliphatic rings. The number of nitrogens with one attached hydrogen (secondary N) is 1. The minimum atomic E-state index is -4.18. The van der Waals surface area contributed by atoms with Gasteiger partial charge in [-0.15, -0.1) is 0 Å². The van der Waals surface area contributed by atoms with Crippen molar-refractivity contribution in [2.75, 3.05) is 0 Å². The molecular formula is C15H13F2N3O2S. The maximum Gasteiger partial charge on any atom is 0.243 e. The van der Waals surface area contributed by atoms with Crippen molar-refractivity contribution < 1.29 is 17.2 Å². The molecule has 3 rings (SSSR count). The van der Waals surface area contributed by atoms with E-state index in [4.69, 9.17) is 0 Å². The van der Waals surface area contributed by atoms with Crippen molar-refractivity contribution in [3.63, 3.8) is 0 Å².